The molecule has 11 aromatic rings. The predicted octanol–water partition coefficient (Wildman–Crippen LogP) is 15.9. The second kappa shape index (κ2) is 18.1. The van der Waals surface area contributed by atoms with Crippen LogP contribution in [0.1, 0.15) is 0 Å². The number of hydrogen-bond donors (Lipinski definition) is 0. The normalized spacial score (nSPS) is 11.0. The van der Waals surface area contributed by atoms with E-state index < -0.39 is 0 Å². The van der Waals surface area contributed by atoms with Crippen molar-refractivity contribution in [2.45, 2.75) is 0 Å². The Morgan fingerprint density at radius 1 is 0.152 bits per heavy atom. The molecule has 0 aliphatic carbocycles. The van der Waals surface area contributed by atoms with Gasteiger partial charge in [0.1, 0.15) is 0 Å². The Balaban J connectivity index is 0.797. The smallest absolute Gasteiger partial charge is 0.164 e. The molecule has 0 saturated carbocycles. The van der Waals surface area contributed by atoms with Crippen LogP contribution in [-0.4, -0.2) is 19.9 Å². The Hall–Kier alpha value is -8.86. The highest BCUT2D eigenvalue weighted by Gasteiger charge is 2.14. The number of rotatable bonds is 10. The molecule has 0 unspecified atom stereocenters. The minimum Gasteiger partial charge on any atom is -0.248 e. The molecule has 310 valence electrons. The van der Waals surface area contributed by atoms with E-state index in [1.165, 1.54) is 33.4 Å². The molecule has 0 spiro atoms. The van der Waals surface area contributed by atoms with Crippen molar-refractivity contribution in [1.82, 2.24) is 19.9 Å². The molecule has 2 aromatic heterocycles. The molecule has 0 bridgehead atoms. The average molecular weight is 843 g/mol. The van der Waals surface area contributed by atoms with E-state index in [0.717, 1.165) is 61.5 Å². The van der Waals surface area contributed by atoms with E-state index in [1.807, 2.05) is 66.7 Å². The van der Waals surface area contributed by atoms with Crippen molar-refractivity contribution in [1.29, 1.82) is 0 Å². The second-order valence-corrected chi connectivity index (χ2v) is 16.3. The molecule has 0 aliphatic heterocycles. The number of pyridine rings is 1. The molecule has 11 rings (SSSR count). The lowest BCUT2D eigenvalue weighted by molar-refractivity contribution is 1.07. The Morgan fingerprint density at radius 3 is 0.773 bits per heavy atom. The van der Waals surface area contributed by atoms with E-state index >= 15 is 0 Å². The molecule has 2 heterocycles. The Bertz CT molecular complexity index is 3050. The van der Waals surface area contributed by atoms with Crippen LogP contribution in [-0.2, 0) is 0 Å². The van der Waals surface area contributed by atoms with Gasteiger partial charge in [-0.2, -0.15) is 0 Å². The third-order valence-electron chi connectivity index (χ3n) is 12.0. The van der Waals surface area contributed by atoms with Crippen LogP contribution in [0.4, 0.5) is 0 Å². The monoisotopic (exact) mass is 842 g/mol. The minimum atomic E-state index is 0.644. The molecule has 0 aliphatic rings. The highest BCUT2D eigenvalue weighted by atomic mass is 15.0. The summed E-state index contributed by atoms with van der Waals surface area (Å²) in [5, 5.41) is 0. The number of aromatic nitrogens is 4. The third kappa shape index (κ3) is 8.59. The molecule has 0 atom stereocenters. The minimum absolute atomic E-state index is 0.644. The van der Waals surface area contributed by atoms with Gasteiger partial charge in [-0.3, -0.25) is 0 Å². The summed E-state index contributed by atoms with van der Waals surface area (Å²) in [6.07, 6.45) is 0. The van der Waals surface area contributed by atoms with Gasteiger partial charge >= 0.3 is 0 Å². The van der Waals surface area contributed by atoms with Crippen LogP contribution in [0.25, 0.3) is 112 Å². The van der Waals surface area contributed by atoms with Gasteiger partial charge in [-0.05, 0) is 73.8 Å². The van der Waals surface area contributed by atoms with E-state index in [1.54, 1.807) is 0 Å². The van der Waals surface area contributed by atoms with Gasteiger partial charge in [0.2, 0.25) is 0 Å². The lowest BCUT2D eigenvalue weighted by Crippen LogP contribution is -2.00. The van der Waals surface area contributed by atoms with Gasteiger partial charge in [0.25, 0.3) is 0 Å². The van der Waals surface area contributed by atoms with E-state index in [2.05, 4.69) is 188 Å². The summed E-state index contributed by atoms with van der Waals surface area (Å²) in [5.41, 5.74) is 18.6. The molecule has 0 fully saturated rings. The van der Waals surface area contributed by atoms with Crippen LogP contribution >= 0.6 is 0 Å². The molecule has 0 radical (unpaired) electrons. The van der Waals surface area contributed by atoms with Crippen molar-refractivity contribution in [2.75, 3.05) is 0 Å². The van der Waals surface area contributed by atoms with Crippen LogP contribution < -0.4 is 0 Å². The summed E-state index contributed by atoms with van der Waals surface area (Å²) >= 11 is 0. The fourth-order valence-corrected chi connectivity index (χ4v) is 8.40. The second-order valence-electron chi connectivity index (χ2n) is 16.3. The van der Waals surface area contributed by atoms with Crippen LogP contribution in [0, 0.1) is 0 Å². The molecular weight excluding hydrogens is 801 g/mol. The third-order valence-corrected chi connectivity index (χ3v) is 12.0. The largest absolute Gasteiger partial charge is 0.248 e. The standard InChI is InChI=1S/C62H42N4/c1-5-14-43(15-6-1)57-41-58(50-16-7-2-8-17-50)63-59(42-57)51-36-32-46(33-37-51)44-24-28-48(29-25-44)55-22-13-23-56(40-55)49-30-26-45(27-31-49)47-34-38-54(39-35-47)62-65-60(52-18-9-3-10-19-52)64-61(66-62)53-20-11-4-12-21-53/h1-42H. The van der Waals surface area contributed by atoms with Gasteiger partial charge in [-0.15, -0.1) is 0 Å². The highest BCUT2D eigenvalue weighted by molar-refractivity contribution is 5.80. The molecule has 66 heavy (non-hydrogen) atoms. The lowest BCUT2D eigenvalue weighted by atomic mass is 9.95. The molecule has 4 nitrogen and oxygen atoms in total. The van der Waals surface area contributed by atoms with E-state index in [4.69, 9.17) is 19.9 Å². The maximum Gasteiger partial charge on any atom is 0.164 e. The number of benzene rings is 9. The summed E-state index contributed by atoms with van der Waals surface area (Å²) in [6, 6.07) is 89.1. The fraction of sp³-hybridized carbons (Fsp3) is 0. The summed E-state index contributed by atoms with van der Waals surface area (Å²) in [5.74, 6) is 1.95. The lowest BCUT2D eigenvalue weighted by Gasteiger charge is -2.11. The first kappa shape index (κ1) is 40.0. The van der Waals surface area contributed by atoms with Gasteiger partial charge in [-0.25, -0.2) is 19.9 Å². The Morgan fingerprint density at radius 2 is 0.394 bits per heavy atom. The fourth-order valence-electron chi connectivity index (χ4n) is 8.40. The zero-order valence-electron chi connectivity index (χ0n) is 36.0. The SMILES string of the molecule is c1ccc(-c2cc(-c3ccccc3)nc(-c3ccc(-c4ccc(-c5cccc(-c6ccc(-c7ccc(-c8nc(-c9ccccc9)nc(-c9ccccc9)n8)cc7)cc6)c5)cc4)cc3)c2)cc1. The van der Waals surface area contributed by atoms with Crippen LogP contribution in [0.5, 0.6) is 0 Å². The quantitative estimate of drug-likeness (QED) is 0.138. The molecule has 4 heteroatoms. The highest BCUT2D eigenvalue weighted by Crippen LogP contribution is 2.34. The number of nitrogens with zero attached hydrogens (tertiary/aromatic N) is 4. The van der Waals surface area contributed by atoms with Gasteiger partial charge in [0.05, 0.1) is 11.4 Å². The van der Waals surface area contributed by atoms with Crippen molar-refractivity contribution >= 4 is 0 Å². The summed E-state index contributed by atoms with van der Waals surface area (Å²) in [4.78, 5) is 19.8. The van der Waals surface area contributed by atoms with Gasteiger partial charge in [0.15, 0.2) is 17.5 Å². The molecular formula is C62H42N4. The van der Waals surface area contributed by atoms with Gasteiger partial charge < -0.3 is 0 Å². The first-order valence-corrected chi connectivity index (χ1v) is 22.2. The summed E-state index contributed by atoms with van der Waals surface area (Å²) in [6.45, 7) is 0. The number of hydrogen-bond acceptors (Lipinski definition) is 4. The van der Waals surface area contributed by atoms with Crippen molar-refractivity contribution in [2.24, 2.45) is 0 Å². The van der Waals surface area contributed by atoms with E-state index in [0.29, 0.717) is 17.5 Å². The van der Waals surface area contributed by atoms with Crippen molar-refractivity contribution in [3.8, 4) is 112 Å². The summed E-state index contributed by atoms with van der Waals surface area (Å²) < 4.78 is 0. The summed E-state index contributed by atoms with van der Waals surface area (Å²) in [7, 11) is 0. The zero-order valence-corrected chi connectivity index (χ0v) is 36.0. The van der Waals surface area contributed by atoms with E-state index in [9.17, 15) is 0 Å². The Labute approximate surface area is 385 Å². The first-order chi connectivity index (χ1) is 32.7. The maximum absolute atomic E-state index is 5.12. The van der Waals surface area contributed by atoms with Crippen molar-refractivity contribution in [3.05, 3.63) is 255 Å². The van der Waals surface area contributed by atoms with Gasteiger partial charge in [0, 0.05) is 27.8 Å². The first-order valence-electron chi connectivity index (χ1n) is 22.2. The van der Waals surface area contributed by atoms with Crippen molar-refractivity contribution in [3.63, 3.8) is 0 Å². The topological polar surface area (TPSA) is 51.6 Å². The van der Waals surface area contributed by atoms with Crippen LogP contribution in [0.2, 0.25) is 0 Å². The molecule has 0 N–H and O–H groups in total. The van der Waals surface area contributed by atoms with Crippen LogP contribution in [0.3, 0.4) is 0 Å². The molecule has 0 amide bonds. The predicted molar refractivity (Wildman–Crippen MR) is 272 cm³/mol. The van der Waals surface area contributed by atoms with Crippen LogP contribution in [0.15, 0.2) is 255 Å². The zero-order chi connectivity index (χ0) is 44.1. The molecule has 0 saturated heterocycles. The average Bonchev–Trinajstić information content (AvgIpc) is 3.42. The maximum atomic E-state index is 5.12. The molecule has 9 aromatic carbocycles. The van der Waals surface area contributed by atoms with Crippen molar-refractivity contribution < 1.29 is 0 Å². The Kier molecular flexibility index (Phi) is 10.9. The van der Waals surface area contributed by atoms with E-state index in [-0.39, 0.29) is 0 Å². The van der Waals surface area contributed by atoms with Gasteiger partial charge in [-0.1, -0.05) is 237 Å².